The third-order valence-corrected chi connectivity index (χ3v) is 9.49. The Hall–Kier alpha value is -1.47. The number of nitrogens with zero attached hydrogens (tertiary/aromatic N) is 4. The van der Waals surface area contributed by atoms with E-state index in [4.69, 9.17) is 17.2 Å². The maximum atomic E-state index is 5.95. The molecule has 1 saturated heterocycles. The molecule has 1 aliphatic heterocycles. The number of hydrogen-bond donors (Lipinski definition) is 1. The first-order chi connectivity index (χ1) is 15.1. The van der Waals surface area contributed by atoms with Gasteiger partial charge in [0, 0.05) is 42.3 Å². The van der Waals surface area contributed by atoms with E-state index in [9.17, 15) is 0 Å². The molecular weight excluding hydrogens is 422 g/mol. The third kappa shape index (κ3) is 3.92. The van der Waals surface area contributed by atoms with Gasteiger partial charge in [-0.05, 0) is 88.3 Å². The van der Waals surface area contributed by atoms with Crippen molar-refractivity contribution in [2.24, 2.45) is 17.8 Å². The lowest BCUT2D eigenvalue weighted by atomic mass is 9.53. The molecule has 166 valence electrons. The fourth-order valence-corrected chi connectivity index (χ4v) is 8.38. The van der Waals surface area contributed by atoms with Crippen LogP contribution in [0, 0.1) is 24.7 Å². The highest BCUT2D eigenvalue weighted by molar-refractivity contribution is 7.80. The van der Waals surface area contributed by atoms with Crippen molar-refractivity contribution >= 4 is 28.7 Å². The number of likely N-dealkylation sites (tertiary alicyclic amines) is 1. The van der Waals surface area contributed by atoms with E-state index in [0.717, 1.165) is 66.0 Å². The van der Waals surface area contributed by atoms with Crippen LogP contribution in [0.2, 0.25) is 0 Å². The van der Waals surface area contributed by atoms with Crippen LogP contribution in [0.15, 0.2) is 17.8 Å². The molecule has 4 aliphatic carbocycles. The van der Waals surface area contributed by atoms with Crippen molar-refractivity contribution in [3.8, 4) is 0 Å². The molecule has 0 amide bonds. The number of thiocarbonyl (C=S) groups is 1. The maximum absolute atomic E-state index is 5.95. The summed E-state index contributed by atoms with van der Waals surface area (Å²) in [5, 5.41) is 8.23. The van der Waals surface area contributed by atoms with Gasteiger partial charge in [0.1, 0.15) is 5.82 Å². The molecular formula is C24H33N5S2. The number of imidazole rings is 1. The molecule has 5 fully saturated rings. The Morgan fingerprint density at radius 3 is 2.45 bits per heavy atom. The second-order valence-electron chi connectivity index (χ2n) is 10.7. The zero-order valence-electron chi connectivity index (χ0n) is 18.4. The van der Waals surface area contributed by atoms with Crippen molar-refractivity contribution < 1.29 is 0 Å². The van der Waals surface area contributed by atoms with Gasteiger partial charge in [0.15, 0.2) is 5.11 Å². The molecule has 0 radical (unpaired) electrons. The fourth-order valence-electron chi connectivity index (χ4n) is 7.38. The van der Waals surface area contributed by atoms with Crippen LogP contribution in [0.3, 0.4) is 0 Å². The number of rotatable bonds is 4. The monoisotopic (exact) mass is 455 g/mol. The third-order valence-electron chi connectivity index (χ3n) is 8.30. The highest BCUT2D eigenvalue weighted by Crippen LogP contribution is 2.55. The van der Waals surface area contributed by atoms with Crippen molar-refractivity contribution in [2.75, 3.05) is 13.1 Å². The van der Waals surface area contributed by atoms with Gasteiger partial charge in [-0.25, -0.2) is 9.97 Å². The highest BCUT2D eigenvalue weighted by atomic mass is 32.1. The summed E-state index contributed by atoms with van der Waals surface area (Å²) in [5.41, 5.74) is 1.45. The van der Waals surface area contributed by atoms with Gasteiger partial charge >= 0.3 is 0 Å². The number of thiazole rings is 1. The predicted molar refractivity (Wildman–Crippen MR) is 128 cm³/mol. The van der Waals surface area contributed by atoms with Crippen LogP contribution in [-0.2, 0) is 6.54 Å². The molecule has 3 heterocycles. The van der Waals surface area contributed by atoms with Gasteiger partial charge in [0.25, 0.3) is 0 Å². The van der Waals surface area contributed by atoms with E-state index in [2.05, 4.69) is 38.3 Å². The lowest BCUT2D eigenvalue weighted by Gasteiger charge is -2.57. The van der Waals surface area contributed by atoms with Crippen LogP contribution >= 0.6 is 23.6 Å². The first-order valence-electron chi connectivity index (χ1n) is 12.0. The first-order valence-corrected chi connectivity index (χ1v) is 13.3. The summed E-state index contributed by atoms with van der Waals surface area (Å²) in [6, 6.07) is 0. The minimum absolute atomic E-state index is 0.310. The van der Waals surface area contributed by atoms with Gasteiger partial charge < -0.3 is 14.8 Å². The van der Waals surface area contributed by atoms with Gasteiger partial charge in [0.05, 0.1) is 17.2 Å². The Morgan fingerprint density at radius 1 is 1.16 bits per heavy atom. The number of hydrogen-bond acceptors (Lipinski definition) is 4. The topological polar surface area (TPSA) is 46.0 Å². The molecule has 0 atom stereocenters. The van der Waals surface area contributed by atoms with Crippen molar-refractivity contribution in [3.05, 3.63) is 34.3 Å². The molecule has 7 heteroatoms. The van der Waals surface area contributed by atoms with E-state index in [-0.39, 0.29) is 0 Å². The molecule has 0 spiro atoms. The summed E-state index contributed by atoms with van der Waals surface area (Å²) in [5.74, 6) is 4.58. The van der Waals surface area contributed by atoms with E-state index in [0.29, 0.717) is 11.5 Å². The zero-order chi connectivity index (χ0) is 21.0. The summed E-state index contributed by atoms with van der Waals surface area (Å²) in [7, 11) is 0. The Balaban J connectivity index is 1.07. The Kier molecular flexibility index (Phi) is 5.10. The lowest BCUT2D eigenvalue weighted by molar-refractivity contribution is -0.0113. The minimum atomic E-state index is 0.310. The molecule has 1 N–H and O–H groups in total. The first kappa shape index (κ1) is 20.2. The molecule has 0 aromatic carbocycles. The zero-order valence-corrected chi connectivity index (χ0v) is 20.1. The SMILES string of the molecule is Cc1nc(Cn2ccnc2C2CCN(C(=S)NC34CC5CC(CC(C5)C3)C4)CC2)cs1. The average Bonchev–Trinajstić information content (AvgIpc) is 3.36. The fraction of sp³-hybridized carbons (Fsp3) is 0.708. The van der Waals surface area contributed by atoms with Crippen LogP contribution in [-0.4, -0.2) is 43.2 Å². The van der Waals surface area contributed by atoms with Crippen LogP contribution in [0.1, 0.15) is 73.8 Å². The van der Waals surface area contributed by atoms with Crippen molar-refractivity contribution in [2.45, 2.75) is 76.3 Å². The predicted octanol–water partition coefficient (Wildman–Crippen LogP) is 4.72. The summed E-state index contributed by atoms with van der Waals surface area (Å²) in [4.78, 5) is 11.8. The summed E-state index contributed by atoms with van der Waals surface area (Å²) < 4.78 is 2.29. The molecule has 7 rings (SSSR count). The van der Waals surface area contributed by atoms with Gasteiger partial charge in [-0.1, -0.05) is 0 Å². The van der Waals surface area contributed by atoms with Crippen molar-refractivity contribution in [1.82, 2.24) is 24.8 Å². The van der Waals surface area contributed by atoms with E-state index < -0.39 is 0 Å². The van der Waals surface area contributed by atoms with Crippen LogP contribution in [0.5, 0.6) is 0 Å². The summed E-state index contributed by atoms with van der Waals surface area (Å²) in [6.07, 6.45) is 14.8. The van der Waals surface area contributed by atoms with Crippen molar-refractivity contribution in [1.29, 1.82) is 0 Å². The van der Waals surface area contributed by atoms with Crippen molar-refractivity contribution in [3.63, 3.8) is 0 Å². The molecule has 4 saturated carbocycles. The Bertz CT molecular complexity index is 920. The molecule has 31 heavy (non-hydrogen) atoms. The van der Waals surface area contributed by atoms with Crippen LogP contribution in [0.4, 0.5) is 0 Å². The summed E-state index contributed by atoms with van der Waals surface area (Å²) >= 11 is 7.67. The molecule has 2 aromatic rings. The lowest BCUT2D eigenvalue weighted by Crippen LogP contribution is -2.62. The van der Waals surface area contributed by atoms with E-state index in [1.807, 2.05) is 6.20 Å². The largest absolute Gasteiger partial charge is 0.357 e. The molecule has 5 aliphatic rings. The standard InChI is InChI=1S/C24H33N5S2/c1-16-26-21(15-31-16)14-29-7-4-25-22(29)20-2-5-28(6-3-20)23(30)27-24-11-17-8-18(12-24)10-19(9-17)13-24/h4,7,15,17-20H,2-3,5-6,8-14H2,1H3,(H,27,30). The van der Waals surface area contributed by atoms with Crippen LogP contribution < -0.4 is 5.32 Å². The van der Waals surface area contributed by atoms with E-state index in [1.54, 1.807) is 11.3 Å². The van der Waals surface area contributed by atoms with Gasteiger partial charge in [0.2, 0.25) is 0 Å². The van der Waals surface area contributed by atoms with E-state index >= 15 is 0 Å². The molecule has 0 unspecified atom stereocenters. The van der Waals surface area contributed by atoms with Crippen LogP contribution in [0.25, 0.3) is 0 Å². The summed E-state index contributed by atoms with van der Waals surface area (Å²) in [6.45, 7) is 4.96. The number of aryl methyl sites for hydroxylation is 1. The molecule has 2 aromatic heterocycles. The number of piperidine rings is 1. The quantitative estimate of drug-likeness (QED) is 0.676. The number of nitrogens with one attached hydrogen (secondary N) is 1. The van der Waals surface area contributed by atoms with Gasteiger partial charge in [-0.15, -0.1) is 11.3 Å². The molecule has 4 bridgehead atoms. The van der Waals surface area contributed by atoms with Gasteiger partial charge in [-0.2, -0.15) is 0 Å². The minimum Gasteiger partial charge on any atom is -0.357 e. The number of aromatic nitrogens is 3. The van der Waals surface area contributed by atoms with Gasteiger partial charge in [-0.3, -0.25) is 0 Å². The molecule has 5 nitrogen and oxygen atoms in total. The Labute approximate surface area is 194 Å². The van der Waals surface area contributed by atoms with E-state index in [1.165, 1.54) is 44.3 Å². The maximum Gasteiger partial charge on any atom is 0.169 e. The second kappa shape index (κ2) is 7.84. The normalized spacial score (nSPS) is 32.5. The highest BCUT2D eigenvalue weighted by Gasteiger charge is 2.51. The second-order valence-corrected chi connectivity index (χ2v) is 12.1. The smallest absolute Gasteiger partial charge is 0.169 e. The average molecular weight is 456 g/mol. The Morgan fingerprint density at radius 2 is 1.84 bits per heavy atom.